The quantitative estimate of drug-likeness (QED) is 0.0669. The Hall–Kier alpha value is -4.17. The van der Waals surface area contributed by atoms with Crippen LogP contribution in [0.25, 0.3) is 10.9 Å². The number of hydrogen-bond acceptors (Lipinski definition) is 7. The number of aliphatic hydroxyl groups excluding tert-OH is 1. The van der Waals surface area contributed by atoms with Gasteiger partial charge < -0.3 is 48.3 Å². The van der Waals surface area contributed by atoms with Crippen LogP contribution in [0.1, 0.15) is 38.7 Å². The lowest BCUT2D eigenvalue weighted by molar-refractivity contribution is -0.142. The maximum absolute atomic E-state index is 13.3. The number of carbonyl (C=O) groups is 4. The van der Waals surface area contributed by atoms with Gasteiger partial charge in [-0.25, -0.2) is 4.79 Å². The van der Waals surface area contributed by atoms with Gasteiger partial charge in [0.1, 0.15) is 24.2 Å². The van der Waals surface area contributed by atoms with Crippen LogP contribution in [-0.2, 0) is 25.6 Å². The second-order valence-electron chi connectivity index (χ2n) is 9.95. The fourth-order valence-corrected chi connectivity index (χ4v) is 4.10. The summed E-state index contributed by atoms with van der Waals surface area (Å²) < 4.78 is 0. The van der Waals surface area contributed by atoms with E-state index in [1.165, 1.54) is 0 Å². The molecule has 14 nitrogen and oxygen atoms in total. The number of rotatable bonds is 16. The SMILES string of the molecule is CC(C)CC(NC(=O)C(N)CO)C(=O)NC(CCCN=C(N)N)C(=O)NC(Cc1c[nH]c2ccccc12)C(=O)O. The minimum atomic E-state index is -1.28. The summed E-state index contributed by atoms with van der Waals surface area (Å²) >= 11 is 0. The number of nitrogens with one attached hydrogen (secondary N) is 4. The Morgan fingerprint density at radius 2 is 1.60 bits per heavy atom. The maximum Gasteiger partial charge on any atom is 0.326 e. The molecule has 1 heterocycles. The normalized spacial score (nSPS) is 14.1. The number of aromatic nitrogens is 1. The highest BCUT2D eigenvalue weighted by molar-refractivity contribution is 5.94. The second-order valence-corrected chi connectivity index (χ2v) is 9.95. The lowest BCUT2D eigenvalue weighted by atomic mass is 10.0. The van der Waals surface area contributed by atoms with Crippen LogP contribution in [0.2, 0.25) is 0 Å². The van der Waals surface area contributed by atoms with E-state index in [1.54, 1.807) is 6.20 Å². The van der Waals surface area contributed by atoms with E-state index >= 15 is 0 Å². The standard InChI is InChI=1S/C26H40N8O6/c1-14(2)10-20(33-22(36)17(27)13-35)24(38)32-19(8-5-9-30-26(28)29)23(37)34-21(25(39)40)11-15-12-31-18-7-4-3-6-16(15)18/h3-4,6-7,12,14,17,19-21,31,35H,5,8-11,13,27H2,1-2H3,(H,32,38)(H,33,36)(H,34,37)(H,39,40)(H4,28,29,30). The smallest absolute Gasteiger partial charge is 0.326 e. The van der Waals surface area contributed by atoms with Crippen molar-refractivity contribution in [2.45, 2.75) is 63.7 Å². The third kappa shape index (κ3) is 9.85. The van der Waals surface area contributed by atoms with E-state index in [0.717, 1.165) is 10.9 Å². The van der Waals surface area contributed by atoms with Gasteiger partial charge in [0.25, 0.3) is 0 Å². The van der Waals surface area contributed by atoms with Gasteiger partial charge in [-0.15, -0.1) is 0 Å². The number of carboxylic acid groups (broad SMARTS) is 1. The molecule has 2 rings (SSSR count). The van der Waals surface area contributed by atoms with E-state index in [2.05, 4.69) is 25.9 Å². The summed E-state index contributed by atoms with van der Waals surface area (Å²) in [6, 6.07) is 2.69. The number of hydrogen-bond donors (Lipinski definition) is 9. The first kappa shape index (κ1) is 32.0. The Morgan fingerprint density at radius 3 is 2.23 bits per heavy atom. The Labute approximate surface area is 232 Å². The maximum atomic E-state index is 13.3. The molecule has 3 amide bonds. The number of benzene rings is 1. The number of amides is 3. The van der Waals surface area contributed by atoms with Crippen LogP contribution in [0.4, 0.5) is 0 Å². The second kappa shape index (κ2) is 15.4. The molecule has 0 fully saturated rings. The Morgan fingerprint density at radius 1 is 0.975 bits per heavy atom. The highest BCUT2D eigenvalue weighted by Gasteiger charge is 2.31. The Balaban J connectivity index is 2.22. The van der Waals surface area contributed by atoms with Crippen LogP contribution in [0, 0.1) is 5.92 Å². The van der Waals surface area contributed by atoms with Crippen molar-refractivity contribution in [3.63, 3.8) is 0 Å². The van der Waals surface area contributed by atoms with Crippen molar-refractivity contribution in [3.8, 4) is 0 Å². The molecular formula is C26H40N8O6. The van der Waals surface area contributed by atoms with E-state index in [0.29, 0.717) is 12.0 Å². The minimum Gasteiger partial charge on any atom is -0.480 e. The summed E-state index contributed by atoms with van der Waals surface area (Å²) in [5, 5.41) is 27.5. The molecule has 4 atom stereocenters. The van der Waals surface area contributed by atoms with Gasteiger partial charge >= 0.3 is 5.97 Å². The molecular weight excluding hydrogens is 520 g/mol. The number of fused-ring (bicyclic) bond motifs is 1. The van der Waals surface area contributed by atoms with Gasteiger partial charge in [0.2, 0.25) is 17.7 Å². The van der Waals surface area contributed by atoms with E-state index in [4.69, 9.17) is 17.2 Å². The number of para-hydroxylation sites is 1. The molecule has 2 aromatic rings. The third-order valence-corrected chi connectivity index (χ3v) is 6.17. The predicted octanol–water partition coefficient (Wildman–Crippen LogP) is -1.33. The number of aliphatic hydroxyl groups is 1. The van der Waals surface area contributed by atoms with Gasteiger partial charge in [-0.1, -0.05) is 32.0 Å². The fourth-order valence-electron chi connectivity index (χ4n) is 4.10. The average Bonchev–Trinajstić information content (AvgIpc) is 3.31. The van der Waals surface area contributed by atoms with E-state index in [-0.39, 0.29) is 37.7 Å². The molecule has 0 aliphatic rings. The molecule has 0 aliphatic heterocycles. The number of guanidine groups is 1. The molecule has 12 N–H and O–H groups in total. The first-order valence-electron chi connectivity index (χ1n) is 13.0. The van der Waals surface area contributed by atoms with Crippen molar-refractivity contribution in [2.75, 3.05) is 13.2 Å². The van der Waals surface area contributed by atoms with E-state index in [9.17, 15) is 29.4 Å². The number of aliphatic imine (C=N–C) groups is 1. The molecule has 40 heavy (non-hydrogen) atoms. The largest absolute Gasteiger partial charge is 0.480 e. The van der Waals surface area contributed by atoms with Crippen molar-refractivity contribution in [1.29, 1.82) is 0 Å². The van der Waals surface area contributed by atoms with Crippen molar-refractivity contribution in [2.24, 2.45) is 28.1 Å². The van der Waals surface area contributed by atoms with Crippen molar-refractivity contribution < 1.29 is 29.4 Å². The van der Waals surface area contributed by atoms with Gasteiger partial charge in [-0.3, -0.25) is 19.4 Å². The van der Waals surface area contributed by atoms with Gasteiger partial charge in [0.05, 0.1) is 6.61 Å². The van der Waals surface area contributed by atoms with Crippen molar-refractivity contribution in [3.05, 3.63) is 36.0 Å². The van der Waals surface area contributed by atoms with Crippen LogP contribution in [-0.4, -0.2) is 82.2 Å². The number of nitrogens with two attached hydrogens (primary N) is 3. The number of carbonyl (C=O) groups excluding carboxylic acids is 3. The van der Waals surface area contributed by atoms with E-state index in [1.807, 2.05) is 38.1 Å². The number of carboxylic acids is 1. The molecule has 0 saturated carbocycles. The molecule has 0 aliphatic carbocycles. The van der Waals surface area contributed by atoms with Crippen LogP contribution >= 0.6 is 0 Å². The molecule has 1 aromatic heterocycles. The van der Waals surface area contributed by atoms with Gasteiger partial charge in [0.15, 0.2) is 5.96 Å². The summed E-state index contributed by atoms with van der Waals surface area (Å²) in [5.41, 5.74) is 17.8. The van der Waals surface area contributed by atoms with Gasteiger partial charge in [-0.05, 0) is 36.8 Å². The summed E-state index contributed by atoms with van der Waals surface area (Å²) in [6.45, 7) is 3.27. The summed E-state index contributed by atoms with van der Waals surface area (Å²) in [7, 11) is 0. The molecule has 4 unspecified atom stereocenters. The van der Waals surface area contributed by atoms with Crippen LogP contribution < -0.4 is 33.2 Å². The highest BCUT2D eigenvalue weighted by atomic mass is 16.4. The molecule has 0 saturated heterocycles. The molecule has 0 radical (unpaired) electrons. The number of H-pyrrole nitrogens is 1. The Kier molecular flexibility index (Phi) is 12.4. The summed E-state index contributed by atoms with van der Waals surface area (Å²) in [4.78, 5) is 57.8. The van der Waals surface area contributed by atoms with Crippen LogP contribution in [0.3, 0.4) is 0 Å². The zero-order valence-electron chi connectivity index (χ0n) is 22.7. The monoisotopic (exact) mass is 560 g/mol. The minimum absolute atomic E-state index is 0.00480. The van der Waals surface area contributed by atoms with Crippen LogP contribution in [0.15, 0.2) is 35.5 Å². The zero-order valence-corrected chi connectivity index (χ0v) is 22.7. The summed E-state index contributed by atoms with van der Waals surface area (Å²) in [5.74, 6) is -3.48. The molecule has 1 aromatic carbocycles. The molecule has 220 valence electrons. The lowest BCUT2D eigenvalue weighted by Gasteiger charge is -2.26. The zero-order chi connectivity index (χ0) is 29.8. The van der Waals surface area contributed by atoms with Crippen LogP contribution in [0.5, 0.6) is 0 Å². The average molecular weight is 561 g/mol. The topological polar surface area (TPSA) is 251 Å². The van der Waals surface area contributed by atoms with Gasteiger partial charge in [0, 0.05) is 30.1 Å². The van der Waals surface area contributed by atoms with Crippen molar-refractivity contribution in [1.82, 2.24) is 20.9 Å². The van der Waals surface area contributed by atoms with Crippen molar-refractivity contribution >= 4 is 40.6 Å². The first-order valence-corrected chi connectivity index (χ1v) is 13.0. The predicted molar refractivity (Wildman–Crippen MR) is 150 cm³/mol. The molecule has 14 heteroatoms. The number of nitrogens with zero attached hydrogens (tertiary/aromatic N) is 1. The van der Waals surface area contributed by atoms with Gasteiger partial charge in [-0.2, -0.15) is 0 Å². The number of aromatic amines is 1. The fraction of sp³-hybridized carbons (Fsp3) is 0.500. The first-order chi connectivity index (χ1) is 18.9. The number of aliphatic carboxylic acids is 1. The lowest BCUT2D eigenvalue weighted by Crippen LogP contribution is -2.57. The molecule has 0 spiro atoms. The highest BCUT2D eigenvalue weighted by Crippen LogP contribution is 2.19. The Bertz CT molecular complexity index is 1190. The van der Waals surface area contributed by atoms with E-state index < -0.39 is 54.5 Å². The molecule has 0 bridgehead atoms. The third-order valence-electron chi connectivity index (χ3n) is 6.17. The summed E-state index contributed by atoms with van der Waals surface area (Å²) in [6.07, 6.45) is 2.32.